The second-order valence-corrected chi connectivity index (χ2v) is 5.51. The van der Waals surface area contributed by atoms with E-state index < -0.39 is 30.8 Å². The molecule has 2 rings (SSSR count). The molecule has 0 spiro atoms. The lowest BCUT2D eigenvalue weighted by Crippen LogP contribution is -2.39. The predicted octanol–water partition coefficient (Wildman–Crippen LogP) is 3.84. The number of likely N-dealkylation sites (tertiary alicyclic amines) is 1. The van der Waals surface area contributed by atoms with Gasteiger partial charge in [0.1, 0.15) is 12.4 Å². The highest BCUT2D eigenvalue weighted by molar-refractivity contribution is 5.65. The fourth-order valence-corrected chi connectivity index (χ4v) is 2.73. The Bertz CT molecular complexity index is 525. The molecule has 128 valence electrons. The van der Waals surface area contributed by atoms with Gasteiger partial charge in [-0.25, -0.2) is 9.18 Å². The first kappa shape index (κ1) is 17.5. The first-order valence-electron chi connectivity index (χ1n) is 7.18. The van der Waals surface area contributed by atoms with Crippen molar-refractivity contribution in [3.8, 4) is 0 Å². The smallest absolute Gasteiger partial charge is 0.411 e. The number of ether oxygens (including phenoxy) is 1. The highest BCUT2D eigenvalue weighted by Gasteiger charge is 2.34. The Morgan fingerprint density at radius 2 is 1.83 bits per heavy atom. The zero-order valence-corrected chi connectivity index (χ0v) is 12.2. The SMILES string of the molecule is O=C(O)N1CCC([C@H](OCC(F)(F)F)c2ccc(F)cc2)CC1. The summed E-state index contributed by atoms with van der Waals surface area (Å²) in [6.45, 7) is -0.908. The number of benzene rings is 1. The molecule has 1 aromatic carbocycles. The second kappa shape index (κ2) is 7.16. The van der Waals surface area contributed by atoms with Crippen LogP contribution >= 0.6 is 0 Å². The molecule has 1 aliphatic rings. The van der Waals surface area contributed by atoms with Gasteiger partial charge in [-0.05, 0) is 36.5 Å². The number of nitrogens with zero attached hydrogens (tertiary/aromatic N) is 1. The molecule has 8 heteroatoms. The highest BCUT2D eigenvalue weighted by Crippen LogP contribution is 2.35. The Labute approximate surface area is 130 Å². The van der Waals surface area contributed by atoms with Gasteiger partial charge >= 0.3 is 12.3 Å². The molecule has 1 aliphatic heterocycles. The van der Waals surface area contributed by atoms with Crippen molar-refractivity contribution < 1.29 is 32.2 Å². The quantitative estimate of drug-likeness (QED) is 0.851. The van der Waals surface area contributed by atoms with Crippen LogP contribution in [0.15, 0.2) is 24.3 Å². The van der Waals surface area contributed by atoms with Gasteiger partial charge in [0.2, 0.25) is 0 Å². The van der Waals surface area contributed by atoms with Crippen LogP contribution in [0.5, 0.6) is 0 Å². The van der Waals surface area contributed by atoms with Gasteiger partial charge in [0.15, 0.2) is 0 Å². The van der Waals surface area contributed by atoms with Crippen LogP contribution in [-0.2, 0) is 4.74 Å². The van der Waals surface area contributed by atoms with Crippen molar-refractivity contribution in [3.05, 3.63) is 35.6 Å². The Morgan fingerprint density at radius 1 is 1.26 bits per heavy atom. The van der Waals surface area contributed by atoms with Crippen molar-refractivity contribution in [1.82, 2.24) is 4.90 Å². The number of carbonyl (C=O) groups is 1. The van der Waals surface area contributed by atoms with Gasteiger partial charge in [-0.3, -0.25) is 0 Å². The number of hydrogen-bond donors (Lipinski definition) is 1. The van der Waals surface area contributed by atoms with Gasteiger partial charge in [-0.1, -0.05) is 12.1 Å². The lowest BCUT2D eigenvalue weighted by atomic mass is 9.87. The fourth-order valence-electron chi connectivity index (χ4n) is 2.73. The molecule has 23 heavy (non-hydrogen) atoms. The van der Waals surface area contributed by atoms with Crippen molar-refractivity contribution in [2.45, 2.75) is 25.1 Å². The maximum Gasteiger partial charge on any atom is 0.411 e. The van der Waals surface area contributed by atoms with E-state index in [9.17, 15) is 22.4 Å². The molecule has 1 fully saturated rings. The third-order valence-corrected chi connectivity index (χ3v) is 3.86. The average Bonchev–Trinajstić information content (AvgIpc) is 2.48. The molecule has 4 nitrogen and oxygen atoms in total. The van der Waals surface area contributed by atoms with Crippen molar-refractivity contribution in [1.29, 1.82) is 0 Å². The number of rotatable bonds is 4. The normalized spacial score (nSPS) is 18.0. The predicted molar refractivity (Wildman–Crippen MR) is 73.5 cm³/mol. The van der Waals surface area contributed by atoms with Gasteiger partial charge in [-0.15, -0.1) is 0 Å². The number of hydrogen-bond acceptors (Lipinski definition) is 2. The molecule has 1 amide bonds. The number of piperidine rings is 1. The summed E-state index contributed by atoms with van der Waals surface area (Å²) < 4.78 is 55.4. The van der Waals surface area contributed by atoms with E-state index in [1.54, 1.807) is 0 Å². The number of halogens is 4. The van der Waals surface area contributed by atoms with Crippen LogP contribution < -0.4 is 0 Å². The summed E-state index contributed by atoms with van der Waals surface area (Å²) in [4.78, 5) is 12.1. The van der Waals surface area contributed by atoms with E-state index in [4.69, 9.17) is 9.84 Å². The summed E-state index contributed by atoms with van der Waals surface area (Å²) in [7, 11) is 0. The Morgan fingerprint density at radius 3 is 2.30 bits per heavy atom. The minimum Gasteiger partial charge on any atom is -0.465 e. The van der Waals surface area contributed by atoms with E-state index in [-0.39, 0.29) is 19.0 Å². The van der Waals surface area contributed by atoms with E-state index in [1.807, 2.05) is 0 Å². The summed E-state index contributed by atoms with van der Waals surface area (Å²) in [5.41, 5.74) is 0.462. The third kappa shape index (κ3) is 5.09. The van der Waals surface area contributed by atoms with E-state index in [0.717, 1.165) is 0 Å². The molecule has 0 unspecified atom stereocenters. The average molecular weight is 335 g/mol. The largest absolute Gasteiger partial charge is 0.465 e. The molecular weight excluding hydrogens is 318 g/mol. The van der Waals surface area contributed by atoms with Crippen LogP contribution in [0.4, 0.5) is 22.4 Å². The molecule has 0 aromatic heterocycles. The Balaban J connectivity index is 2.10. The maximum absolute atomic E-state index is 13.0. The Hall–Kier alpha value is -1.83. The topological polar surface area (TPSA) is 49.8 Å². The number of amides is 1. The van der Waals surface area contributed by atoms with E-state index in [0.29, 0.717) is 18.4 Å². The third-order valence-electron chi connectivity index (χ3n) is 3.86. The van der Waals surface area contributed by atoms with Gasteiger partial charge in [-0.2, -0.15) is 13.2 Å². The molecule has 0 bridgehead atoms. The van der Waals surface area contributed by atoms with Crippen LogP contribution in [0.1, 0.15) is 24.5 Å². The Kier molecular flexibility index (Phi) is 5.46. The van der Waals surface area contributed by atoms with Gasteiger partial charge in [0.25, 0.3) is 0 Å². The van der Waals surface area contributed by atoms with Crippen LogP contribution in [0, 0.1) is 11.7 Å². The van der Waals surface area contributed by atoms with Gasteiger partial charge in [0.05, 0.1) is 6.10 Å². The van der Waals surface area contributed by atoms with Gasteiger partial charge < -0.3 is 14.7 Å². The summed E-state index contributed by atoms with van der Waals surface area (Å²) in [6.07, 6.45) is -5.55. The van der Waals surface area contributed by atoms with Gasteiger partial charge in [0, 0.05) is 13.1 Å². The monoisotopic (exact) mass is 335 g/mol. The molecule has 1 heterocycles. The van der Waals surface area contributed by atoms with Crippen LogP contribution in [0.25, 0.3) is 0 Å². The molecule has 0 saturated carbocycles. The molecule has 1 saturated heterocycles. The molecular formula is C15H17F4NO3. The minimum atomic E-state index is -4.46. The fraction of sp³-hybridized carbons (Fsp3) is 0.533. The summed E-state index contributed by atoms with van der Waals surface area (Å²) in [6, 6.07) is 5.15. The number of alkyl halides is 3. The highest BCUT2D eigenvalue weighted by atomic mass is 19.4. The zero-order chi connectivity index (χ0) is 17.0. The molecule has 1 atom stereocenters. The summed E-state index contributed by atoms with van der Waals surface area (Å²) in [5, 5.41) is 8.92. The van der Waals surface area contributed by atoms with E-state index >= 15 is 0 Å². The van der Waals surface area contributed by atoms with E-state index in [1.165, 1.54) is 29.2 Å². The standard InChI is InChI=1S/C15H17F4NO3/c16-12-3-1-10(2-4-12)13(23-9-15(17,18)19)11-5-7-20(8-6-11)14(21)22/h1-4,11,13H,5-9H2,(H,21,22)/t13-/m1/s1. The molecule has 1 N–H and O–H groups in total. The van der Waals surface area contributed by atoms with Crippen molar-refractivity contribution in [3.63, 3.8) is 0 Å². The molecule has 0 radical (unpaired) electrons. The van der Waals surface area contributed by atoms with Crippen LogP contribution in [0.3, 0.4) is 0 Å². The van der Waals surface area contributed by atoms with Crippen LogP contribution in [-0.4, -0.2) is 42.0 Å². The van der Waals surface area contributed by atoms with Crippen LogP contribution in [0.2, 0.25) is 0 Å². The second-order valence-electron chi connectivity index (χ2n) is 5.51. The molecule has 0 aliphatic carbocycles. The lowest BCUT2D eigenvalue weighted by Gasteiger charge is -2.35. The van der Waals surface area contributed by atoms with Crippen molar-refractivity contribution in [2.75, 3.05) is 19.7 Å². The summed E-state index contributed by atoms with van der Waals surface area (Å²) in [5.74, 6) is -0.734. The minimum absolute atomic E-state index is 0.243. The van der Waals surface area contributed by atoms with E-state index in [2.05, 4.69) is 0 Å². The van der Waals surface area contributed by atoms with Crippen molar-refractivity contribution in [2.24, 2.45) is 5.92 Å². The maximum atomic E-state index is 13.0. The molecule has 1 aromatic rings. The first-order valence-corrected chi connectivity index (χ1v) is 7.18. The zero-order valence-electron chi connectivity index (χ0n) is 12.2. The first-order chi connectivity index (χ1) is 10.8. The van der Waals surface area contributed by atoms with Crippen molar-refractivity contribution >= 4 is 6.09 Å². The number of carboxylic acid groups (broad SMARTS) is 1. The lowest BCUT2D eigenvalue weighted by molar-refractivity contribution is -0.193. The summed E-state index contributed by atoms with van der Waals surface area (Å²) >= 11 is 0.